The Bertz CT molecular complexity index is 871. The summed E-state index contributed by atoms with van der Waals surface area (Å²) < 4.78 is 7.23. The molecule has 0 spiro atoms. The van der Waals surface area contributed by atoms with Crippen molar-refractivity contribution in [2.24, 2.45) is 17.8 Å². The average molecular weight is 536 g/mol. The normalized spacial score (nSPS) is 21.3. The molecule has 196 valence electrons. The molecule has 1 fully saturated rings. The molecule has 1 aromatic rings. The van der Waals surface area contributed by atoms with Crippen LogP contribution < -0.4 is 0 Å². The molecule has 2 rings (SSSR count). The minimum atomic E-state index is -1.95. The van der Waals surface area contributed by atoms with Crippen molar-refractivity contribution in [2.75, 3.05) is 5.75 Å². The Morgan fingerprint density at radius 2 is 1.86 bits per heavy atom. The number of amides is 1. The predicted molar refractivity (Wildman–Crippen MR) is 156 cm³/mol. The van der Waals surface area contributed by atoms with Crippen LogP contribution in [-0.2, 0) is 15.6 Å². The molecule has 1 heterocycles. The van der Waals surface area contributed by atoms with E-state index >= 15 is 0 Å². The van der Waals surface area contributed by atoms with Gasteiger partial charge in [0.05, 0.1) is 24.2 Å². The van der Waals surface area contributed by atoms with Crippen molar-refractivity contribution in [2.45, 2.75) is 90.8 Å². The Morgan fingerprint density at radius 3 is 2.40 bits per heavy atom. The number of hydrogen-bond acceptors (Lipinski definition) is 5. The number of benzene rings is 1. The monoisotopic (exact) mass is 535 g/mol. The standard InChI is InChI=1S/C28H45NO3S2Si/c1-10-24(32-35(8,9)28(5,6)7)19(2)16-20(3)25(30)21(4)26(31)29-23(18-34-27(29)33)17-22-14-12-11-13-15-22/h10-15,19-21,23-25,30H,1,16-18H2,2-9H3/t19-,20+,21-,23+,24-,25+/m1/s1. The molecule has 1 amide bonds. The van der Waals surface area contributed by atoms with Crippen LogP contribution in [0.4, 0.5) is 0 Å². The van der Waals surface area contributed by atoms with Gasteiger partial charge >= 0.3 is 0 Å². The quantitative estimate of drug-likeness (QED) is 0.194. The van der Waals surface area contributed by atoms with Gasteiger partial charge in [-0.25, -0.2) is 0 Å². The first-order chi connectivity index (χ1) is 16.2. The molecule has 1 saturated heterocycles. The summed E-state index contributed by atoms with van der Waals surface area (Å²) in [5, 5.41) is 11.3. The number of carbonyl (C=O) groups excluding carboxylic acids is 1. The highest BCUT2D eigenvalue weighted by atomic mass is 32.2. The van der Waals surface area contributed by atoms with Gasteiger partial charge in [0.15, 0.2) is 8.32 Å². The fourth-order valence-corrected chi connectivity index (χ4v) is 7.18. The minimum absolute atomic E-state index is 0.0226. The average Bonchev–Trinajstić information content (AvgIpc) is 3.15. The Hall–Kier alpha value is -0.993. The van der Waals surface area contributed by atoms with Gasteiger partial charge in [-0.2, -0.15) is 0 Å². The van der Waals surface area contributed by atoms with E-state index in [4.69, 9.17) is 16.6 Å². The van der Waals surface area contributed by atoms with Crippen LogP contribution in [0.2, 0.25) is 18.1 Å². The SMILES string of the molecule is C=C[C@@H](O[Si](C)(C)C(C)(C)C)[C@H](C)C[C@H](C)[C@H](O)[C@@H](C)C(=O)N1C(=S)SC[C@@H]1Cc1ccccc1. The lowest BCUT2D eigenvalue weighted by molar-refractivity contribution is -0.136. The lowest BCUT2D eigenvalue weighted by atomic mass is 9.84. The minimum Gasteiger partial charge on any atom is -0.410 e. The largest absolute Gasteiger partial charge is 0.410 e. The molecule has 0 saturated carbocycles. The molecular formula is C28H45NO3S2Si. The number of thioether (sulfide) groups is 1. The molecule has 7 heteroatoms. The lowest BCUT2D eigenvalue weighted by Gasteiger charge is -2.40. The van der Waals surface area contributed by atoms with Gasteiger partial charge < -0.3 is 9.53 Å². The second-order valence-corrected chi connectivity index (χ2v) is 18.1. The summed E-state index contributed by atoms with van der Waals surface area (Å²) in [6.07, 6.45) is 2.58. The molecule has 1 N–H and O–H groups in total. The molecule has 1 aliphatic heterocycles. The number of nitrogens with zero attached hydrogens (tertiary/aromatic N) is 1. The number of thiocarbonyl (C=S) groups is 1. The molecule has 4 nitrogen and oxygen atoms in total. The molecule has 6 atom stereocenters. The fraction of sp³-hybridized carbons (Fsp3) is 0.643. The zero-order valence-electron chi connectivity index (χ0n) is 22.8. The van der Waals surface area contributed by atoms with Crippen molar-refractivity contribution in [1.29, 1.82) is 0 Å². The Morgan fingerprint density at radius 1 is 1.26 bits per heavy atom. The van der Waals surface area contributed by atoms with Crippen LogP contribution >= 0.6 is 24.0 Å². The lowest BCUT2D eigenvalue weighted by Crippen LogP contribution is -2.47. The number of hydrogen-bond donors (Lipinski definition) is 1. The molecule has 0 radical (unpaired) electrons. The Kier molecular flexibility index (Phi) is 10.8. The molecular weight excluding hydrogens is 491 g/mol. The second-order valence-electron chi connectivity index (χ2n) is 11.7. The third-order valence-electron chi connectivity index (χ3n) is 7.77. The van der Waals surface area contributed by atoms with Crippen LogP contribution in [0.1, 0.15) is 53.5 Å². The summed E-state index contributed by atoms with van der Waals surface area (Å²) in [7, 11) is -1.95. The first-order valence-corrected chi connectivity index (χ1v) is 17.0. The van der Waals surface area contributed by atoms with Gasteiger partial charge in [-0.3, -0.25) is 9.69 Å². The van der Waals surface area contributed by atoms with Crippen molar-refractivity contribution >= 4 is 42.5 Å². The van der Waals surface area contributed by atoms with Crippen LogP contribution in [0.25, 0.3) is 0 Å². The Labute approximate surface area is 224 Å². The van der Waals surface area contributed by atoms with Gasteiger partial charge in [0.1, 0.15) is 4.32 Å². The van der Waals surface area contributed by atoms with E-state index in [1.165, 1.54) is 5.56 Å². The number of rotatable bonds is 11. The summed E-state index contributed by atoms with van der Waals surface area (Å²) in [5.41, 5.74) is 1.19. The zero-order valence-corrected chi connectivity index (χ0v) is 25.4. The van der Waals surface area contributed by atoms with Gasteiger partial charge in [-0.05, 0) is 48.4 Å². The van der Waals surface area contributed by atoms with E-state index in [1.807, 2.05) is 38.1 Å². The number of carbonyl (C=O) groups is 1. The van der Waals surface area contributed by atoms with Crippen LogP contribution in [0, 0.1) is 17.8 Å². The van der Waals surface area contributed by atoms with E-state index in [9.17, 15) is 9.90 Å². The summed E-state index contributed by atoms with van der Waals surface area (Å²) in [4.78, 5) is 15.3. The fourth-order valence-electron chi connectivity index (χ4n) is 4.40. The highest BCUT2D eigenvalue weighted by Gasteiger charge is 2.41. The van der Waals surface area contributed by atoms with Crippen molar-refractivity contribution in [3.8, 4) is 0 Å². The molecule has 0 aromatic heterocycles. The molecule has 35 heavy (non-hydrogen) atoms. The maximum absolute atomic E-state index is 13.5. The van der Waals surface area contributed by atoms with Crippen LogP contribution in [-0.4, -0.2) is 52.6 Å². The van der Waals surface area contributed by atoms with Crippen LogP contribution in [0.3, 0.4) is 0 Å². The molecule has 0 aliphatic carbocycles. The first-order valence-electron chi connectivity index (χ1n) is 12.7. The van der Waals surface area contributed by atoms with Crippen LogP contribution in [0.5, 0.6) is 0 Å². The van der Waals surface area contributed by atoms with Gasteiger partial charge in [-0.15, -0.1) is 6.58 Å². The van der Waals surface area contributed by atoms with E-state index in [2.05, 4.69) is 59.5 Å². The third kappa shape index (κ3) is 7.75. The predicted octanol–water partition coefficient (Wildman–Crippen LogP) is 6.69. The number of aliphatic hydroxyl groups is 1. The summed E-state index contributed by atoms with van der Waals surface area (Å²) in [6.45, 7) is 21.2. The molecule has 0 bridgehead atoms. The highest BCUT2D eigenvalue weighted by molar-refractivity contribution is 8.23. The van der Waals surface area contributed by atoms with E-state index in [-0.39, 0.29) is 34.9 Å². The Balaban J connectivity index is 2.04. The summed E-state index contributed by atoms with van der Waals surface area (Å²) in [5.74, 6) is 0.302. The maximum atomic E-state index is 13.5. The number of aliphatic hydroxyl groups excluding tert-OH is 1. The molecule has 1 aromatic carbocycles. The van der Waals surface area contributed by atoms with Crippen molar-refractivity contribution in [3.05, 3.63) is 48.6 Å². The topological polar surface area (TPSA) is 49.8 Å². The zero-order chi connectivity index (χ0) is 26.6. The van der Waals surface area contributed by atoms with E-state index < -0.39 is 20.3 Å². The second kappa shape index (κ2) is 12.5. The van der Waals surface area contributed by atoms with Gasteiger partial charge in [0.2, 0.25) is 5.91 Å². The van der Waals surface area contributed by atoms with Gasteiger partial charge in [0, 0.05) is 5.75 Å². The van der Waals surface area contributed by atoms with Crippen molar-refractivity contribution in [1.82, 2.24) is 4.90 Å². The third-order valence-corrected chi connectivity index (χ3v) is 13.8. The summed E-state index contributed by atoms with van der Waals surface area (Å²) in [6, 6.07) is 10.2. The van der Waals surface area contributed by atoms with Crippen molar-refractivity contribution < 1.29 is 14.3 Å². The molecule has 1 aliphatic rings. The smallest absolute Gasteiger partial charge is 0.233 e. The van der Waals surface area contributed by atoms with Gasteiger partial charge in [-0.1, -0.05) is 102 Å². The van der Waals surface area contributed by atoms with Crippen molar-refractivity contribution in [3.63, 3.8) is 0 Å². The van der Waals surface area contributed by atoms with E-state index in [0.29, 0.717) is 4.32 Å². The first kappa shape index (κ1) is 30.2. The maximum Gasteiger partial charge on any atom is 0.233 e. The van der Waals surface area contributed by atoms with Crippen LogP contribution in [0.15, 0.2) is 43.0 Å². The van der Waals surface area contributed by atoms with E-state index in [0.717, 1.165) is 18.6 Å². The summed E-state index contributed by atoms with van der Waals surface area (Å²) >= 11 is 7.10. The highest BCUT2D eigenvalue weighted by Crippen LogP contribution is 2.39. The molecule has 0 unspecified atom stereocenters. The van der Waals surface area contributed by atoms with E-state index in [1.54, 1.807) is 16.7 Å². The van der Waals surface area contributed by atoms with Gasteiger partial charge in [0.25, 0.3) is 0 Å².